The molecule has 6 atom stereocenters. The van der Waals surface area contributed by atoms with Gasteiger partial charge in [0.05, 0.1) is 6.10 Å². The molecular formula is C27H42O. The average molecular weight is 383 g/mol. The van der Waals surface area contributed by atoms with E-state index in [-0.39, 0.29) is 6.10 Å². The van der Waals surface area contributed by atoms with Crippen molar-refractivity contribution in [3.8, 4) is 0 Å². The van der Waals surface area contributed by atoms with Crippen molar-refractivity contribution >= 4 is 0 Å². The molecule has 0 aliphatic heterocycles. The van der Waals surface area contributed by atoms with Gasteiger partial charge in [0.15, 0.2) is 0 Å². The van der Waals surface area contributed by atoms with Crippen LogP contribution in [0.15, 0.2) is 34.4 Å². The Morgan fingerprint density at radius 2 is 1.79 bits per heavy atom. The van der Waals surface area contributed by atoms with E-state index >= 15 is 0 Å². The van der Waals surface area contributed by atoms with Crippen LogP contribution in [0.3, 0.4) is 0 Å². The van der Waals surface area contributed by atoms with Crippen LogP contribution < -0.4 is 0 Å². The summed E-state index contributed by atoms with van der Waals surface area (Å²) in [5, 5.41) is 10.2. The molecule has 3 saturated carbocycles. The Labute approximate surface area is 173 Å². The van der Waals surface area contributed by atoms with Gasteiger partial charge < -0.3 is 5.11 Å². The predicted octanol–water partition coefficient (Wildman–Crippen LogP) is 7.37. The van der Waals surface area contributed by atoms with Crippen LogP contribution in [0.1, 0.15) is 98.8 Å². The molecule has 0 aromatic rings. The van der Waals surface area contributed by atoms with Gasteiger partial charge in [0.2, 0.25) is 0 Å². The van der Waals surface area contributed by atoms with Crippen molar-refractivity contribution < 1.29 is 5.11 Å². The fraction of sp³-hybridized carbons (Fsp3) is 0.778. The third kappa shape index (κ3) is 3.26. The van der Waals surface area contributed by atoms with Gasteiger partial charge >= 0.3 is 0 Å². The van der Waals surface area contributed by atoms with Gasteiger partial charge in [-0.15, -0.1) is 0 Å². The zero-order valence-electron chi connectivity index (χ0n) is 19.0. The summed E-state index contributed by atoms with van der Waals surface area (Å²) >= 11 is 0. The topological polar surface area (TPSA) is 20.2 Å². The Bertz CT molecular complexity index is 706. The van der Waals surface area contributed by atoms with E-state index in [0.29, 0.717) is 10.8 Å². The number of aliphatic hydroxyl groups is 1. The van der Waals surface area contributed by atoms with Gasteiger partial charge in [-0.1, -0.05) is 48.3 Å². The molecule has 1 heteroatoms. The van der Waals surface area contributed by atoms with Gasteiger partial charge in [-0.05, 0) is 114 Å². The summed E-state index contributed by atoms with van der Waals surface area (Å²) in [6.45, 7) is 12.0. The van der Waals surface area contributed by atoms with Crippen molar-refractivity contribution in [3.05, 3.63) is 34.4 Å². The van der Waals surface area contributed by atoms with Crippen LogP contribution in [0, 0.1) is 28.6 Å². The van der Waals surface area contributed by atoms with E-state index in [2.05, 4.69) is 46.8 Å². The first-order chi connectivity index (χ1) is 13.3. The monoisotopic (exact) mass is 382 g/mol. The molecular weight excluding hydrogens is 340 g/mol. The summed E-state index contributed by atoms with van der Waals surface area (Å²) in [4.78, 5) is 0. The van der Waals surface area contributed by atoms with Gasteiger partial charge in [-0.25, -0.2) is 0 Å². The highest BCUT2D eigenvalue weighted by atomic mass is 16.3. The maximum Gasteiger partial charge on any atom is 0.0577 e. The first-order valence-electron chi connectivity index (χ1n) is 12.0. The highest BCUT2D eigenvalue weighted by molar-refractivity contribution is 5.31. The second kappa shape index (κ2) is 7.46. The minimum Gasteiger partial charge on any atom is -0.393 e. The molecule has 0 bridgehead atoms. The Morgan fingerprint density at radius 3 is 2.54 bits per heavy atom. The highest BCUT2D eigenvalue weighted by Gasteiger charge is 2.57. The smallest absolute Gasteiger partial charge is 0.0577 e. The quantitative estimate of drug-likeness (QED) is 0.505. The van der Waals surface area contributed by atoms with Gasteiger partial charge in [-0.2, -0.15) is 0 Å². The molecule has 6 unspecified atom stereocenters. The standard InChI is InChI=1S/C27H42O/c1-18(2)7-6-8-19(3)23-11-12-24-22-10-9-20-17-21(28)13-15-26(20,4)25(22)14-16-27(23,24)5/h7,9,21-22,24-25,28H,6,8,10-17H2,1-5H3. The summed E-state index contributed by atoms with van der Waals surface area (Å²) in [6, 6.07) is 0. The second-order valence-corrected chi connectivity index (χ2v) is 11.2. The summed E-state index contributed by atoms with van der Waals surface area (Å²) < 4.78 is 0. The number of rotatable bonds is 3. The lowest BCUT2D eigenvalue weighted by atomic mass is 9.47. The normalized spacial score (nSPS) is 44.1. The van der Waals surface area contributed by atoms with E-state index in [4.69, 9.17) is 0 Å². The van der Waals surface area contributed by atoms with Gasteiger partial charge in [0, 0.05) is 0 Å². The molecule has 0 amide bonds. The maximum atomic E-state index is 10.2. The lowest BCUT2D eigenvalue weighted by Gasteiger charge is -2.57. The van der Waals surface area contributed by atoms with Crippen LogP contribution >= 0.6 is 0 Å². The molecule has 4 aliphatic rings. The molecule has 0 saturated heterocycles. The van der Waals surface area contributed by atoms with E-state index in [9.17, 15) is 5.11 Å². The predicted molar refractivity (Wildman–Crippen MR) is 119 cm³/mol. The average Bonchev–Trinajstić information content (AvgIpc) is 2.99. The Morgan fingerprint density at radius 1 is 1.07 bits per heavy atom. The van der Waals surface area contributed by atoms with Crippen molar-refractivity contribution in [3.63, 3.8) is 0 Å². The van der Waals surface area contributed by atoms with Crippen molar-refractivity contribution in [1.29, 1.82) is 0 Å². The van der Waals surface area contributed by atoms with Gasteiger partial charge in [-0.3, -0.25) is 0 Å². The fourth-order valence-electron chi connectivity index (χ4n) is 7.88. The lowest BCUT2D eigenvalue weighted by Crippen LogP contribution is -2.49. The first kappa shape index (κ1) is 20.5. The van der Waals surface area contributed by atoms with E-state index in [1.165, 1.54) is 56.9 Å². The number of aliphatic hydroxyl groups excluding tert-OH is 1. The van der Waals surface area contributed by atoms with E-state index < -0.39 is 0 Å². The van der Waals surface area contributed by atoms with Gasteiger partial charge in [0.25, 0.3) is 0 Å². The Balaban J connectivity index is 1.58. The molecule has 0 aromatic heterocycles. The zero-order valence-corrected chi connectivity index (χ0v) is 19.0. The summed E-state index contributed by atoms with van der Waals surface area (Å²) in [5.74, 6) is 2.59. The van der Waals surface area contributed by atoms with E-state index in [1.807, 2.05) is 5.57 Å². The largest absolute Gasteiger partial charge is 0.393 e. The molecule has 4 aliphatic carbocycles. The van der Waals surface area contributed by atoms with Crippen LogP contribution in [0.4, 0.5) is 0 Å². The van der Waals surface area contributed by atoms with E-state index in [1.54, 1.807) is 11.1 Å². The molecule has 0 aromatic carbocycles. The number of allylic oxidation sites excluding steroid dienone is 5. The summed E-state index contributed by atoms with van der Waals surface area (Å²) in [7, 11) is 0. The van der Waals surface area contributed by atoms with Crippen molar-refractivity contribution in [2.75, 3.05) is 0 Å². The zero-order chi connectivity index (χ0) is 20.1. The van der Waals surface area contributed by atoms with Crippen LogP contribution in [-0.2, 0) is 0 Å². The molecule has 1 nitrogen and oxygen atoms in total. The van der Waals surface area contributed by atoms with Crippen LogP contribution in [0.2, 0.25) is 0 Å². The molecule has 4 rings (SSSR count). The molecule has 0 spiro atoms. The third-order valence-electron chi connectivity index (χ3n) is 9.45. The Kier molecular flexibility index (Phi) is 5.45. The second-order valence-electron chi connectivity index (χ2n) is 11.2. The van der Waals surface area contributed by atoms with Gasteiger partial charge in [0.1, 0.15) is 0 Å². The molecule has 28 heavy (non-hydrogen) atoms. The van der Waals surface area contributed by atoms with Crippen molar-refractivity contribution in [1.82, 2.24) is 0 Å². The van der Waals surface area contributed by atoms with Crippen LogP contribution in [-0.4, -0.2) is 11.2 Å². The van der Waals surface area contributed by atoms with Crippen molar-refractivity contribution in [2.45, 2.75) is 105 Å². The maximum absolute atomic E-state index is 10.2. The van der Waals surface area contributed by atoms with Crippen molar-refractivity contribution in [2.24, 2.45) is 28.6 Å². The molecule has 0 heterocycles. The minimum absolute atomic E-state index is 0.0887. The SMILES string of the molecule is CC(C)=CCCC(C)=C1CCC2C3CC=C4CC(O)CCC4(C)C3CCC12C. The lowest BCUT2D eigenvalue weighted by molar-refractivity contribution is -0.0270. The fourth-order valence-corrected chi connectivity index (χ4v) is 7.88. The number of hydrogen-bond donors (Lipinski definition) is 1. The number of fused-ring (bicyclic) bond motifs is 5. The molecule has 1 N–H and O–H groups in total. The number of hydrogen-bond acceptors (Lipinski definition) is 1. The van der Waals surface area contributed by atoms with Crippen LogP contribution in [0.5, 0.6) is 0 Å². The summed E-state index contributed by atoms with van der Waals surface area (Å²) in [6.07, 6.45) is 17.3. The minimum atomic E-state index is -0.0887. The van der Waals surface area contributed by atoms with E-state index in [0.717, 1.165) is 30.6 Å². The molecule has 156 valence electrons. The van der Waals surface area contributed by atoms with Crippen LogP contribution in [0.25, 0.3) is 0 Å². The Hall–Kier alpha value is -0.820. The summed E-state index contributed by atoms with van der Waals surface area (Å²) in [5.41, 5.74) is 7.39. The highest BCUT2D eigenvalue weighted by Crippen LogP contribution is 2.66. The third-order valence-corrected chi connectivity index (χ3v) is 9.45. The molecule has 0 radical (unpaired) electrons. The molecule has 3 fully saturated rings. The first-order valence-corrected chi connectivity index (χ1v) is 12.0.